The zero-order chi connectivity index (χ0) is 27.5. The van der Waals surface area contributed by atoms with Crippen molar-refractivity contribution in [2.24, 2.45) is 5.92 Å². The molecule has 1 amide bonds. The molecule has 0 radical (unpaired) electrons. The second kappa shape index (κ2) is 11.9. The van der Waals surface area contributed by atoms with Crippen molar-refractivity contribution >= 4 is 23.9 Å². The van der Waals surface area contributed by atoms with Crippen LogP contribution in [0.2, 0.25) is 0 Å². The average Bonchev–Trinajstić information content (AvgIpc) is 3.01. The monoisotopic (exact) mass is 542 g/mol. The molecule has 6 nitrogen and oxygen atoms in total. The number of anilines is 1. The molecular weight excluding hydrogens is 500 g/mol. The van der Waals surface area contributed by atoms with Gasteiger partial charge in [0, 0.05) is 30.8 Å². The minimum atomic E-state index is -0.523. The van der Waals surface area contributed by atoms with Gasteiger partial charge >= 0.3 is 5.97 Å². The van der Waals surface area contributed by atoms with Crippen LogP contribution < -0.4 is 4.90 Å². The number of aldehydes is 1. The first-order chi connectivity index (χ1) is 19.6. The summed E-state index contributed by atoms with van der Waals surface area (Å²) in [6, 6.07) is 14.3. The molecule has 1 saturated carbocycles. The van der Waals surface area contributed by atoms with Crippen molar-refractivity contribution in [3.05, 3.63) is 64.7 Å². The number of benzene rings is 2. The Labute approximate surface area is 238 Å². The van der Waals surface area contributed by atoms with Gasteiger partial charge in [0.1, 0.15) is 12.4 Å². The SMILES string of the molecule is O=Cc1ccc2c(c1)CCC(=O)N2CCCCc1cccc(C2(C(=O)OC3CN4CCC3CC4)CCCCC2)c1. The first-order valence-corrected chi connectivity index (χ1v) is 15.5. The molecule has 5 aliphatic rings. The van der Waals surface area contributed by atoms with Crippen LogP contribution in [0.5, 0.6) is 0 Å². The molecule has 4 aliphatic heterocycles. The van der Waals surface area contributed by atoms with Crippen LogP contribution in [0.25, 0.3) is 0 Å². The van der Waals surface area contributed by atoms with Crippen LogP contribution in [0.1, 0.15) is 91.3 Å². The number of hydrogen-bond donors (Lipinski definition) is 0. The minimum Gasteiger partial charge on any atom is -0.460 e. The van der Waals surface area contributed by atoms with Crippen LogP contribution in [-0.2, 0) is 32.6 Å². The predicted molar refractivity (Wildman–Crippen MR) is 156 cm³/mol. The normalized spacial score (nSPS) is 25.4. The average molecular weight is 543 g/mol. The van der Waals surface area contributed by atoms with Gasteiger partial charge in [-0.05, 0) is 105 Å². The number of hydrogen-bond acceptors (Lipinski definition) is 5. The quantitative estimate of drug-likeness (QED) is 0.233. The highest BCUT2D eigenvalue weighted by atomic mass is 16.5. The summed E-state index contributed by atoms with van der Waals surface area (Å²) >= 11 is 0. The molecule has 40 heavy (non-hydrogen) atoms. The zero-order valence-electron chi connectivity index (χ0n) is 23.6. The number of nitrogens with zero attached hydrogens (tertiary/aromatic N) is 2. The Kier molecular flexibility index (Phi) is 8.06. The molecule has 7 rings (SSSR count). The molecule has 1 unspecified atom stereocenters. The van der Waals surface area contributed by atoms with Crippen molar-refractivity contribution in [1.82, 2.24) is 4.90 Å². The number of carbonyl (C=O) groups excluding carboxylic acids is 3. The highest BCUT2D eigenvalue weighted by Crippen LogP contribution is 2.42. The Morgan fingerprint density at radius 1 is 1.00 bits per heavy atom. The fourth-order valence-corrected chi connectivity index (χ4v) is 7.58. The molecule has 2 aromatic carbocycles. The maximum absolute atomic E-state index is 13.9. The third kappa shape index (κ3) is 5.47. The molecule has 0 spiro atoms. The van der Waals surface area contributed by atoms with E-state index < -0.39 is 5.41 Å². The third-order valence-corrected chi connectivity index (χ3v) is 9.97. The minimum absolute atomic E-state index is 0.00288. The summed E-state index contributed by atoms with van der Waals surface area (Å²) in [6.45, 7) is 3.87. The third-order valence-electron chi connectivity index (χ3n) is 9.97. The zero-order valence-corrected chi connectivity index (χ0v) is 23.6. The summed E-state index contributed by atoms with van der Waals surface area (Å²) in [4.78, 5) is 42.1. The van der Waals surface area contributed by atoms with Gasteiger partial charge in [-0.3, -0.25) is 19.3 Å². The van der Waals surface area contributed by atoms with Gasteiger partial charge < -0.3 is 9.64 Å². The number of esters is 1. The number of fused-ring (bicyclic) bond motifs is 4. The lowest BCUT2D eigenvalue weighted by atomic mass is 9.69. The van der Waals surface area contributed by atoms with E-state index in [2.05, 4.69) is 29.2 Å². The smallest absolute Gasteiger partial charge is 0.316 e. The Morgan fingerprint density at radius 2 is 1.82 bits per heavy atom. The van der Waals surface area contributed by atoms with Gasteiger partial charge in [0.2, 0.25) is 5.91 Å². The Hall–Kier alpha value is -2.99. The first-order valence-electron chi connectivity index (χ1n) is 15.5. The van der Waals surface area contributed by atoms with E-state index in [0.717, 1.165) is 101 Å². The van der Waals surface area contributed by atoms with Crippen molar-refractivity contribution in [3.63, 3.8) is 0 Å². The molecule has 2 aromatic rings. The fourth-order valence-electron chi connectivity index (χ4n) is 7.58. The summed E-state index contributed by atoms with van der Waals surface area (Å²) in [5.41, 5.74) is 4.55. The van der Waals surface area contributed by atoms with Crippen LogP contribution in [0, 0.1) is 5.92 Å². The van der Waals surface area contributed by atoms with Gasteiger partial charge in [-0.1, -0.05) is 43.5 Å². The van der Waals surface area contributed by atoms with E-state index in [1.54, 1.807) is 6.07 Å². The van der Waals surface area contributed by atoms with Gasteiger partial charge in [-0.2, -0.15) is 0 Å². The van der Waals surface area contributed by atoms with Gasteiger partial charge in [0.25, 0.3) is 0 Å². The summed E-state index contributed by atoms with van der Waals surface area (Å²) in [7, 11) is 0. The molecule has 2 bridgehead atoms. The first kappa shape index (κ1) is 27.2. The van der Waals surface area contributed by atoms with E-state index in [4.69, 9.17) is 4.74 Å². The number of unbranched alkanes of at least 4 members (excludes halogenated alkanes) is 1. The number of amides is 1. The number of rotatable bonds is 9. The van der Waals surface area contributed by atoms with Gasteiger partial charge in [-0.25, -0.2) is 0 Å². The summed E-state index contributed by atoms with van der Waals surface area (Å²) in [5.74, 6) is 0.684. The Morgan fingerprint density at radius 3 is 2.58 bits per heavy atom. The van der Waals surface area contributed by atoms with Gasteiger partial charge in [0.15, 0.2) is 0 Å². The summed E-state index contributed by atoms with van der Waals surface area (Å²) in [6.07, 6.45) is 12.2. The highest BCUT2D eigenvalue weighted by molar-refractivity contribution is 5.97. The summed E-state index contributed by atoms with van der Waals surface area (Å²) < 4.78 is 6.34. The van der Waals surface area contributed by atoms with Crippen LogP contribution >= 0.6 is 0 Å². The van der Waals surface area contributed by atoms with E-state index in [9.17, 15) is 14.4 Å². The molecule has 212 valence electrons. The van der Waals surface area contributed by atoms with Crippen molar-refractivity contribution in [1.29, 1.82) is 0 Å². The van der Waals surface area contributed by atoms with Crippen LogP contribution in [-0.4, -0.2) is 55.3 Å². The van der Waals surface area contributed by atoms with E-state index >= 15 is 0 Å². The van der Waals surface area contributed by atoms with E-state index in [-0.39, 0.29) is 18.0 Å². The Bertz CT molecular complexity index is 1240. The molecule has 0 N–H and O–H groups in total. The van der Waals surface area contributed by atoms with Crippen LogP contribution in [0.15, 0.2) is 42.5 Å². The molecule has 6 heteroatoms. The van der Waals surface area contributed by atoms with Crippen LogP contribution in [0.3, 0.4) is 0 Å². The molecule has 4 fully saturated rings. The van der Waals surface area contributed by atoms with Crippen molar-refractivity contribution in [2.45, 2.75) is 88.6 Å². The lowest BCUT2D eigenvalue weighted by Gasteiger charge is -2.45. The number of aryl methyl sites for hydroxylation is 2. The lowest BCUT2D eigenvalue weighted by Crippen LogP contribution is -2.53. The van der Waals surface area contributed by atoms with E-state index in [0.29, 0.717) is 30.9 Å². The van der Waals surface area contributed by atoms with Gasteiger partial charge in [-0.15, -0.1) is 0 Å². The van der Waals surface area contributed by atoms with Crippen molar-refractivity contribution < 1.29 is 19.1 Å². The molecular formula is C34H42N2O4. The van der Waals surface area contributed by atoms with E-state index in [1.807, 2.05) is 17.0 Å². The number of ether oxygens (including phenoxy) is 1. The molecule has 1 aliphatic carbocycles. The van der Waals surface area contributed by atoms with Crippen molar-refractivity contribution in [3.8, 4) is 0 Å². The second-order valence-electron chi connectivity index (χ2n) is 12.4. The topological polar surface area (TPSA) is 66.9 Å². The number of carbonyl (C=O) groups is 3. The second-order valence-corrected chi connectivity index (χ2v) is 12.4. The predicted octanol–water partition coefficient (Wildman–Crippen LogP) is 5.64. The fraction of sp³-hybridized carbons (Fsp3) is 0.559. The van der Waals surface area contributed by atoms with E-state index in [1.165, 1.54) is 12.0 Å². The highest BCUT2D eigenvalue weighted by Gasteiger charge is 2.45. The molecule has 4 heterocycles. The Balaban J connectivity index is 1.10. The standard InChI is InChI=1S/C34H42N2O4/c37-24-26-10-12-30-28(21-26)11-13-32(38)36(30)18-5-2-7-25-8-6-9-29(22-25)34(16-3-1-4-17-34)33(39)40-31-23-35-19-14-27(31)15-20-35/h6,8-10,12,21-22,24,27,31H,1-5,7,11,13-20,23H2. The maximum Gasteiger partial charge on any atom is 0.316 e. The number of piperidine rings is 3. The molecule has 0 aromatic heterocycles. The largest absolute Gasteiger partial charge is 0.460 e. The van der Waals surface area contributed by atoms with Crippen LogP contribution in [0.4, 0.5) is 5.69 Å². The van der Waals surface area contributed by atoms with Crippen molar-refractivity contribution in [2.75, 3.05) is 31.1 Å². The van der Waals surface area contributed by atoms with Gasteiger partial charge in [0.05, 0.1) is 5.41 Å². The molecule has 3 saturated heterocycles. The molecule has 1 atom stereocenters. The lowest BCUT2D eigenvalue weighted by molar-refractivity contribution is -0.167. The maximum atomic E-state index is 13.9. The summed E-state index contributed by atoms with van der Waals surface area (Å²) in [5, 5.41) is 0.